The number of amides is 1. The minimum Gasteiger partial charge on any atom is -0.408 e. The molecule has 2 heterocycles. The van der Waals surface area contributed by atoms with Crippen LogP contribution in [-0.4, -0.2) is 15.6 Å². The normalized spacial score (nSPS) is 10.4. The molecule has 2 aromatic heterocycles. The molecule has 132 valence electrons. The number of carbonyl (C=O) groups is 1. The van der Waals surface area contributed by atoms with Crippen molar-refractivity contribution in [2.45, 2.75) is 6.54 Å². The third-order valence-electron chi connectivity index (χ3n) is 3.44. The lowest BCUT2D eigenvalue weighted by Gasteiger charge is -2.10. The first-order valence-electron chi connectivity index (χ1n) is 7.55. The second-order valence-corrected chi connectivity index (χ2v) is 6.12. The summed E-state index contributed by atoms with van der Waals surface area (Å²) in [4.78, 5) is 28.3. The van der Waals surface area contributed by atoms with Crippen LogP contribution in [-0.2, 0) is 6.54 Å². The van der Waals surface area contributed by atoms with E-state index in [9.17, 15) is 9.59 Å². The number of benzene rings is 1. The third kappa shape index (κ3) is 4.41. The number of hydrogen-bond acceptors (Lipinski definition) is 4. The van der Waals surface area contributed by atoms with Gasteiger partial charge in [-0.3, -0.25) is 15.1 Å². The van der Waals surface area contributed by atoms with Gasteiger partial charge in [0.25, 0.3) is 5.56 Å². The molecule has 0 spiro atoms. The number of halogens is 2. The van der Waals surface area contributed by atoms with Gasteiger partial charge < -0.3 is 9.30 Å². The van der Waals surface area contributed by atoms with E-state index in [1.165, 1.54) is 16.8 Å². The van der Waals surface area contributed by atoms with Crippen LogP contribution in [0.5, 0.6) is 5.75 Å². The smallest absolute Gasteiger partial charge is 0.408 e. The van der Waals surface area contributed by atoms with Crippen molar-refractivity contribution in [3.05, 3.63) is 87.0 Å². The zero-order valence-corrected chi connectivity index (χ0v) is 14.9. The number of aromatic nitrogens is 2. The molecule has 0 aliphatic rings. The van der Waals surface area contributed by atoms with E-state index in [4.69, 9.17) is 27.9 Å². The van der Waals surface area contributed by atoms with Gasteiger partial charge in [0.2, 0.25) is 0 Å². The first-order valence-corrected chi connectivity index (χ1v) is 8.31. The van der Waals surface area contributed by atoms with E-state index in [1.54, 1.807) is 48.8 Å². The van der Waals surface area contributed by atoms with Gasteiger partial charge in [0.05, 0.1) is 22.8 Å². The first kappa shape index (κ1) is 18.0. The summed E-state index contributed by atoms with van der Waals surface area (Å²) in [5, 5.41) is 3.29. The molecule has 6 nitrogen and oxygen atoms in total. The minimum atomic E-state index is -0.776. The Morgan fingerprint density at radius 3 is 2.73 bits per heavy atom. The zero-order valence-electron chi connectivity index (χ0n) is 13.4. The summed E-state index contributed by atoms with van der Waals surface area (Å²) in [5.74, 6) is 0.275. The van der Waals surface area contributed by atoms with Crippen LogP contribution >= 0.6 is 23.2 Å². The maximum absolute atomic E-state index is 12.5. The maximum atomic E-state index is 12.5. The summed E-state index contributed by atoms with van der Waals surface area (Å²) >= 11 is 11.9. The number of rotatable bonds is 4. The number of pyridine rings is 2. The molecule has 3 rings (SSSR count). The van der Waals surface area contributed by atoms with Crippen molar-refractivity contribution in [1.82, 2.24) is 9.55 Å². The number of nitrogens with one attached hydrogen (secondary N) is 1. The lowest BCUT2D eigenvalue weighted by Crippen LogP contribution is -2.27. The van der Waals surface area contributed by atoms with Crippen LogP contribution < -0.4 is 15.6 Å². The standard InChI is InChI=1S/C18H13Cl2N3O3/c19-14-6-5-12(9-15(14)20)11-23-8-2-4-16(17(23)24)22-18(25)26-13-3-1-7-21-10-13/h1-10H,11H2,(H,22,25). The van der Waals surface area contributed by atoms with Crippen molar-refractivity contribution in [3.63, 3.8) is 0 Å². The summed E-state index contributed by atoms with van der Waals surface area (Å²) in [6.07, 6.45) is 3.79. The SMILES string of the molecule is O=C(Nc1cccn(Cc2ccc(Cl)c(Cl)c2)c1=O)Oc1cccnc1. The van der Waals surface area contributed by atoms with E-state index in [1.807, 2.05) is 0 Å². The molecule has 0 saturated heterocycles. The molecule has 0 atom stereocenters. The second kappa shape index (κ2) is 8.03. The fourth-order valence-electron chi connectivity index (χ4n) is 2.24. The largest absolute Gasteiger partial charge is 0.417 e. The highest BCUT2D eigenvalue weighted by molar-refractivity contribution is 6.42. The van der Waals surface area contributed by atoms with Crippen LogP contribution in [0.1, 0.15) is 5.56 Å². The van der Waals surface area contributed by atoms with E-state index in [-0.39, 0.29) is 23.5 Å². The Labute approximate surface area is 159 Å². The molecule has 1 amide bonds. The molecule has 0 bridgehead atoms. The van der Waals surface area contributed by atoms with Crippen LogP contribution in [0, 0.1) is 0 Å². The van der Waals surface area contributed by atoms with Gasteiger partial charge in [-0.25, -0.2) is 4.79 Å². The maximum Gasteiger partial charge on any atom is 0.417 e. The molecule has 26 heavy (non-hydrogen) atoms. The molecular weight excluding hydrogens is 377 g/mol. The van der Waals surface area contributed by atoms with Gasteiger partial charge in [0, 0.05) is 12.4 Å². The second-order valence-electron chi connectivity index (χ2n) is 5.31. The molecule has 0 radical (unpaired) electrons. The fraction of sp³-hybridized carbons (Fsp3) is 0.0556. The lowest BCUT2D eigenvalue weighted by atomic mass is 10.2. The van der Waals surface area contributed by atoms with Crippen molar-refractivity contribution in [2.75, 3.05) is 5.32 Å². The van der Waals surface area contributed by atoms with Gasteiger partial charge in [-0.1, -0.05) is 29.3 Å². The van der Waals surface area contributed by atoms with Crippen molar-refractivity contribution in [1.29, 1.82) is 0 Å². The molecule has 3 aromatic rings. The van der Waals surface area contributed by atoms with E-state index in [0.29, 0.717) is 10.0 Å². The van der Waals surface area contributed by atoms with Gasteiger partial charge in [-0.15, -0.1) is 0 Å². The third-order valence-corrected chi connectivity index (χ3v) is 4.18. The molecule has 0 saturated carbocycles. The highest BCUT2D eigenvalue weighted by atomic mass is 35.5. The van der Waals surface area contributed by atoms with Crippen LogP contribution in [0.15, 0.2) is 65.8 Å². The Morgan fingerprint density at radius 2 is 2.00 bits per heavy atom. The number of carbonyl (C=O) groups excluding carboxylic acids is 1. The van der Waals surface area contributed by atoms with Gasteiger partial charge in [-0.05, 0) is 42.0 Å². The van der Waals surface area contributed by atoms with Crippen LogP contribution in [0.4, 0.5) is 10.5 Å². The Balaban J connectivity index is 1.75. The number of hydrogen-bond donors (Lipinski definition) is 1. The van der Waals surface area contributed by atoms with Gasteiger partial charge >= 0.3 is 6.09 Å². The number of nitrogens with zero attached hydrogens (tertiary/aromatic N) is 2. The Bertz CT molecular complexity index is 990. The zero-order chi connectivity index (χ0) is 18.5. The topological polar surface area (TPSA) is 73.2 Å². The minimum absolute atomic E-state index is 0.0986. The summed E-state index contributed by atoms with van der Waals surface area (Å²) in [6.45, 7) is 0.281. The highest BCUT2D eigenvalue weighted by Crippen LogP contribution is 2.22. The average molecular weight is 390 g/mol. The average Bonchev–Trinajstić information content (AvgIpc) is 2.62. The molecule has 0 aliphatic heterocycles. The Hall–Kier alpha value is -2.83. The number of ether oxygens (including phenoxy) is 1. The monoisotopic (exact) mass is 389 g/mol. The van der Waals surface area contributed by atoms with E-state index in [2.05, 4.69) is 10.3 Å². The molecular formula is C18H13Cl2N3O3. The summed E-state index contributed by atoms with van der Waals surface area (Å²) < 4.78 is 6.51. The van der Waals surface area contributed by atoms with Gasteiger partial charge in [0.15, 0.2) is 5.75 Å². The molecule has 0 fully saturated rings. The van der Waals surface area contributed by atoms with Crippen molar-refractivity contribution in [2.24, 2.45) is 0 Å². The highest BCUT2D eigenvalue weighted by Gasteiger charge is 2.10. The summed E-state index contributed by atoms with van der Waals surface area (Å²) in [7, 11) is 0. The first-order chi connectivity index (χ1) is 12.5. The van der Waals surface area contributed by atoms with E-state index in [0.717, 1.165) is 5.56 Å². The van der Waals surface area contributed by atoms with Crippen LogP contribution in [0.2, 0.25) is 10.0 Å². The summed E-state index contributed by atoms with van der Waals surface area (Å²) in [6, 6.07) is 11.5. The predicted molar refractivity (Wildman–Crippen MR) is 100 cm³/mol. The Kier molecular flexibility index (Phi) is 5.55. The predicted octanol–water partition coefficient (Wildman–Crippen LogP) is 4.21. The van der Waals surface area contributed by atoms with Gasteiger partial charge in [-0.2, -0.15) is 0 Å². The van der Waals surface area contributed by atoms with Crippen molar-refractivity contribution >= 4 is 35.0 Å². The number of anilines is 1. The quantitative estimate of drug-likeness (QED) is 0.725. The molecule has 0 aliphatic carbocycles. The summed E-state index contributed by atoms with van der Waals surface area (Å²) in [5.41, 5.74) is 0.528. The van der Waals surface area contributed by atoms with E-state index >= 15 is 0 Å². The van der Waals surface area contributed by atoms with Crippen LogP contribution in [0.3, 0.4) is 0 Å². The van der Waals surface area contributed by atoms with Crippen molar-refractivity contribution < 1.29 is 9.53 Å². The van der Waals surface area contributed by atoms with E-state index < -0.39 is 6.09 Å². The van der Waals surface area contributed by atoms with Crippen molar-refractivity contribution in [3.8, 4) is 5.75 Å². The fourth-order valence-corrected chi connectivity index (χ4v) is 2.56. The van der Waals surface area contributed by atoms with Crippen LogP contribution in [0.25, 0.3) is 0 Å². The lowest BCUT2D eigenvalue weighted by molar-refractivity contribution is 0.215. The Morgan fingerprint density at radius 1 is 1.15 bits per heavy atom. The molecule has 1 aromatic carbocycles. The molecule has 0 unspecified atom stereocenters. The van der Waals surface area contributed by atoms with Gasteiger partial charge in [0.1, 0.15) is 5.69 Å². The molecule has 1 N–H and O–H groups in total. The molecule has 8 heteroatoms.